The Morgan fingerprint density at radius 1 is 1.28 bits per heavy atom. The van der Waals surface area contributed by atoms with Crippen LogP contribution in [0.2, 0.25) is 0 Å². The number of nitrogens with zero attached hydrogens (tertiary/aromatic N) is 1. The van der Waals surface area contributed by atoms with Crippen LogP contribution in [0, 0.1) is 11.6 Å². The number of anilines is 2. The van der Waals surface area contributed by atoms with E-state index in [4.69, 9.17) is 5.73 Å². The van der Waals surface area contributed by atoms with Crippen LogP contribution in [-0.4, -0.2) is 4.98 Å². The molecule has 0 radical (unpaired) electrons. The molecule has 94 valence electrons. The zero-order chi connectivity index (χ0) is 13.1. The Morgan fingerprint density at radius 2 is 2.00 bits per heavy atom. The van der Waals surface area contributed by atoms with E-state index in [-0.39, 0.29) is 11.9 Å². The van der Waals surface area contributed by atoms with Crippen molar-refractivity contribution in [2.45, 2.75) is 13.0 Å². The van der Waals surface area contributed by atoms with Gasteiger partial charge in [-0.2, -0.15) is 0 Å². The molecule has 2 aromatic rings. The molecule has 0 aliphatic rings. The fraction of sp³-hybridized carbons (Fsp3) is 0.154. The van der Waals surface area contributed by atoms with Crippen LogP contribution in [0.5, 0.6) is 0 Å². The van der Waals surface area contributed by atoms with Gasteiger partial charge in [-0.05, 0) is 18.6 Å². The van der Waals surface area contributed by atoms with Crippen molar-refractivity contribution in [3.05, 3.63) is 53.7 Å². The lowest BCUT2D eigenvalue weighted by molar-refractivity contribution is 0.574. The van der Waals surface area contributed by atoms with Crippen LogP contribution in [0.1, 0.15) is 18.5 Å². The minimum absolute atomic E-state index is 0.00662. The molecule has 0 aliphatic heterocycles. The summed E-state index contributed by atoms with van der Waals surface area (Å²) in [7, 11) is 0. The predicted molar refractivity (Wildman–Crippen MR) is 67.0 cm³/mol. The highest BCUT2D eigenvalue weighted by Gasteiger charge is 2.12. The first kappa shape index (κ1) is 12.3. The van der Waals surface area contributed by atoms with E-state index < -0.39 is 11.6 Å². The summed E-state index contributed by atoms with van der Waals surface area (Å²) in [5, 5.41) is 2.86. The van der Waals surface area contributed by atoms with Crippen LogP contribution >= 0.6 is 0 Å². The second kappa shape index (κ2) is 5.00. The van der Waals surface area contributed by atoms with E-state index in [1.54, 1.807) is 6.07 Å². The first-order chi connectivity index (χ1) is 8.58. The molecule has 2 rings (SSSR count). The van der Waals surface area contributed by atoms with Gasteiger partial charge < -0.3 is 11.1 Å². The van der Waals surface area contributed by atoms with Crippen LogP contribution in [-0.2, 0) is 0 Å². The smallest absolute Gasteiger partial charge is 0.168 e. The predicted octanol–water partition coefficient (Wildman–Crippen LogP) is 3.12. The molecule has 18 heavy (non-hydrogen) atoms. The molecule has 0 amide bonds. The van der Waals surface area contributed by atoms with Crippen molar-refractivity contribution >= 4 is 11.5 Å². The van der Waals surface area contributed by atoms with Crippen molar-refractivity contribution in [3.63, 3.8) is 0 Å². The minimum atomic E-state index is -0.726. The van der Waals surface area contributed by atoms with E-state index in [2.05, 4.69) is 10.3 Å². The van der Waals surface area contributed by atoms with Crippen molar-refractivity contribution in [1.29, 1.82) is 0 Å². The Labute approximate surface area is 104 Å². The van der Waals surface area contributed by atoms with E-state index in [1.165, 1.54) is 0 Å². The first-order valence-electron chi connectivity index (χ1n) is 5.50. The van der Waals surface area contributed by atoms with E-state index in [0.29, 0.717) is 5.69 Å². The Morgan fingerprint density at radius 3 is 2.67 bits per heavy atom. The molecule has 1 aromatic carbocycles. The third kappa shape index (κ3) is 2.56. The molecule has 0 fully saturated rings. The molecule has 0 saturated heterocycles. The van der Waals surface area contributed by atoms with Gasteiger partial charge in [-0.25, -0.2) is 13.8 Å². The molecule has 3 nitrogen and oxygen atoms in total. The number of aromatic nitrogens is 1. The summed E-state index contributed by atoms with van der Waals surface area (Å²) in [5.41, 5.74) is 7.27. The van der Waals surface area contributed by atoms with Gasteiger partial charge in [0.2, 0.25) is 0 Å². The van der Waals surface area contributed by atoms with E-state index >= 15 is 0 Å². The number of rotatable bonds is 3. The number of halogens is 2. The van der Waals surface area contributed by atoms with Gasteiger partial charge in [0.05, 0.1) is 12.2 Å². The molecule has 1 aromatic heterocycles. The largest absolute Gasteiger partial charge is 0.398 e. The normalized spacial score (nSPS) is 12.2. The van der Waals surface area contributed by atoms with E-state index in [0.717, 1.165) is 17.8 Å². The zero-order valence-corrected chi connectivity index (χ0v) is 9.82. The molecular weight excluding hydrogens is 236 g/mol. The Hall–Kier alpha value is -2.17. The van der Waals surface area contributed by atoms with Crippen molar-refractivity contribution in [2.24, 2.45) is 0 Å². The molecule has 0 spiro atoms. The van der Waals surface area contributed by atoms with Gasteiger partial charge in [0.1, 0.15) is 5.82 Å². The number of para-hydroxylation sites is 1. The number of hydrogen-bond acceptors (Lipinski definition) is 3. The minimum Gasteiger partial charge on any atom is -0.398 e. The summed E-state index contributed by atoms with van der Waals surface area (Å²) in [6.45, 7) is 1.83. The molecule has 5 heteroatoms. The molecule has 1 unspecified atom stereocenters. The molecule has 3 N–H and O–H groups in total. The average molecular weight is 249 g/mol. The van der Waals surface area contributed by atoms with Gasteiger partial charge in [0.15, 0.2) is 11.6 Å². The second-order valence-electron chi connectivity index (χ2n) is 3.98. The number of nitrogens with one attached hydrogen (secondary N) is 1. The third-order valence-electron chi connectivity index (χ3n) is 2.62. The summed E-state index contributed by atoms with van der Waals surface area (Å²) in [4.78, 5) is 3.67. The van der Waals surface area contributed by atoms with E-state index in [9.17, 15) is 8.78 Å². The highest BCUT2D eigenvalue weighted by atomic mass is 19.1. The zero-order valence-electron chi connectivity index (χ0n) is 9.82. The summed E-state index contributed by atoms with van der Waals surface area (Å²) >= 11 is 0. The Balaban J connectivity index is 2.21. The standard InChI is InChI=1S/C13H13F2N3/c1-8(10-4-2-3-5-12(10)16)18-13-11(15)6-9(14)7-17-13/h2-8H,16H2,1H3,(H,17,18). The number of benzene rings is 1. The van der Waals surface area contributed by atoms with Gasteiger partial charge in [0.25, 0.3) is 0 Å². The van der Waals surface area contributed by atoms with Gasteiger partial charge in [0, 0.05) is 11.8 Å². The lowest BCUT2D eigenvalue weighted by atomic mass is 10.1. The lowest BCUT2D eigenvalue weighted by Crippen LogP contribution is -2.11. The second-order valence-corrected chi connectivity index (χ2v) is 3.98. The topological polar surface area (TPSA) is 50.9 Å². The molecular formula is C13H13F2N3. The number of hydrogen-bond donors (Lipinski definition) is 2. The van der Waals surface area contributed by atoms with Crippen LogP contribution in [0.3, 0.4) is 0 Å². The summed E-state index contributed by atoms with van der Waals surface area (Å²) in [6.07, 6.45) is 0.965. The SMILES string of the molecule is CC(Nc1ncc(F)cc1F)c1ccccc1N. The molecule has 0 aliphatic carbocycles. The number of pyridine rings is 1. The first-order valence-corrected chi connectivity index (χ1v) is 5.50. The average Bonchev–Trinajstić information content (AvgIpc) is 2.33. The Kier molecular flexibility index (Phi) is 3.41. The van der Waals surface area contributed by atoms with Gasteiger partial charge in [-0.1, -0.05) is 18.2 Å². The van der Waals surface area contributed by atoms with Crippen molar-refractivity contribution < 1.29 is 8.78 Å². The highest BCUT2D eigenvalue weighted by molar-refractivity contribution is 5.51. The highest BCUT2D eigenvalue weighted by Crippen LogP contribution is 2.24. The maximum absolute atomic E-state index is 13.4. The third-order valence-corrected chi connectivity index (χ3v) is 2.62. The quantitative estimate of drug-likeness (QED) is 0.822. The van der Waals surface area contributed by atoms with E-state index in [1.807, 2.05) is 25.1 Å². The van der Waals surface area contributed by atoms with Crippen LogP contribution in [0.25, 0.3) is 0 Å². The maximum Gasteiger partial charge on any atom is 0.168 e. The maximum atomic E-state index is 13.4. The van der Waals surface area contributed by atoms with Crippen LogP contribution < -0.4 is 11.1 Å². The van der Waals surface area contributed by atoms with Gasteiger partial charge in [-0.3, -0.25) is 0 Å². The fourth-order valence-corrected chi connectivity index (χ4v) is 1.71. The Bertz CT molecular complexity index is 558. The monoisotopic (exact) mass is 249 g/mol. The number of nitrogens with two attached hydrogens (primary N) is 1. The molecule has 0 bridgehead atoms. The van der Waals surface area contributed by atoms with Crippen LogP contribution in [0.15, 0.2) is 36.5 Å². The van der Waals surface area contributed by atoms with Gasteiger partial charge >= 0.3 is 0 Å². The van der Waals surface area contributed by atoms with Crippen molar-refractivity contribution in [2.75, 3.05) is 11.1 Å². The molecule has 1 heterocycles. The molecule has 0 saturated carbocycles. The summed E-state index contributed by atoms with van der Waals surface area (Å²) in [6, 6.07) is 7.84. The van der Waals surface area contributed by atoms with Crippen LogP contribution in [0.4, 0.5) is 20.3 Å². The van der Waals surface area contributed by atoms with Crippen molar-refractivity contribution in [1.82, 2.24) is 4.98 Å². The fourth-order valence-electron chi connectivity index (χ4n) is 1.71. The summed E-state index contributed by atoms with van der Waals surface area (Å²) < 4.78 is 26.2. The molecule has 1 atom stereocenters. The van der Waals surface area contributed by atoms with Gasteiger partial charge in [-0.15, -0.1) is 0 Å². The lowest BCUT2D eigenvalue weighted by Gasteiger charge is -2.17. The van der Waals surface area contributed by atoms with Crippen molar-refractivity contribution in [3.8, 4) is 0 Å². The summed E-state index contributed by atoms with van der Waals surface area (Å²) in [5.74, 6) is -1.42. The number of nitrogen functional groups attached to an aromatic ring is 1.